The van der Waals surface area contributed by atoms with Gasteiger partial charge >= 0.3 is 0 Å². The van der Waals surface area contributed by atoms with E-state index in [4.69, 9.17) is 14.2 Å². The molecule has 1 saturated carbocycles. The summed E-state index contributed by atoms with van der Waals surface area (Å²) in [7, 11) is 2.41. The molecule has 1 amide bonds. The highest BCUT2D eigenvalue weighted by Gasteiger charge is 2.36. The van der Waals surface area contributed by atoms with Gasteiger partial charge in [-0.25, -0.2) is 8.42 Å². The van der Waals surface area contributed by atoms with E-state index in [1.54, 1.807) is 24.1 Å². The molecule has 0 spiro atoms. The fraction of sp³-hybridized carbons (Fsp3) is 0.536. The molecule has 0 atom stereocenters. The zero-order chi connectivity index (χ0) is 27.3. The number of sulfonamides is 1. The van der Waals surface area contributed by atoms with Gasteiger partial charge in [0.05, 0.1) is 32.8 Å². The van der Waals surface area contributed by atoms with Crippen LogP contribution in [0, 0.1) is 20.8 Å². The second-order valence-electron chi connectivity index (χ2n) is 9.85. The van der Waals surface area contributed by atoms with Crippen molar-refractivity contribution in [1.82, 2.24) is 9.21 Å². The summed E-state index contributed by atoms with van der Waals surface area (Å²) in [4.78, 5) is 15.3. The highest BCUT2D eigenvalue weighted by Crippen LogP contribution is 2.38. The Morgan fingerprint density at radius 1 is 0.892 bits per heavy atom. The van der Waals surface area contributed by atoms with Crippen LogP contribution in [0.1, 0.15) is 54.4 Å². The molecule has 0 heterocycles. The molecule has 3 rings (SSSR count). The predicted molar refractivity (Wildman–Crippen MR) is 144 cm³/mol. The van der Waals surface area contributed by atoms with Crippen LogP contribution in [0.2, 0.25) is 0 Å². The minimum atomic E-state index is -3.88. The van der Waals surface area contributed by atoms with Crippen molar-refractivity contribution in [2.45, 2.75) is 70.4 Å². The Bertz CT molecular complexity index is 1170. The number of carbonyl (C=O) groups is 1. The average Bonchev–Trinajstić information content (AvgIpc) is 2.85. The Kier molecular flexibility index (Phi) is 9.47. The molecule has 1 aliphatic carbocycles. The lowest BCUT2D eigenvalue weighted by Gasteiger charge is -2.34. The smallest absolute Gasteiger partial charge is 0.244 e. The summed E-state index contributed by atoms with van der Waals surface area (Å²) in [5.41, 5.74) is 3.20. The van der Waals surface area contributed by atoms with Gasteiger partial charge in [0.25, 0.3) is 0 Å². The van der Waals surface area contributed by atoms with Gasteiger partial charge in [-0.1, -0.05) is 37.0 Å². The summed E-state index contributed by atoms with van der Waals surface area (Å²) < 4.78 is 45.8. The van der Waals surface area contributed by atoms with Crippen LogP contribution in [0.5, 0.6) is 17.2 Å². The Morgan fingerprint density at radius 3 is 1.92 bits per heavy atom. The molecule has 204 valence electrons. The number of amides is 1. The predicted octanol–water partition coefficient (Wildman–Crippen LogP) is 4.62. The fourth-order valence-electron chi connectivity index (χ4n) is 5.31. The quantitative estimate of drug-likeness (QED) is 0.444. The van der Waals surface area contributed by atoms with Gasteiger partial charge in [0, 0.05) is 19.6 Å². The van der Waals surface area contributed by atoms with Crippen molar-refractivity contribution >= 4 is 15.9 Å². The Hall–Kier alpha value is -2.78. The highest BCUT2D eigenvalue weighted by molar-refractivity contribution is 7.89. The summed E-state index contributed by atoms with van der Waals surface area (Å²) in [5.74, 6) is 1.19. The lowest BCUT2D eigenvalue weighted by atomic mass is 9.95. The largest absolute Gasteiger partial charge is 0.493 e. The summed E-state index contributed by atoms with van der Waals surface area (Å²) >= 11 is 0. The standard InChI is InChI=1S/C28H40N2O6S/c1-19-13-20(2)28(21(3)14-19)37(32,33)30(23-11-9-8-10-12-23)18-26(31)29(4)17-22-15-24(34-5)27(36-7)25(16-22)35-6/h13-16,23H,8-12,17-18H2,1-7H3. The zero-order valence-electron chi connectivity index (χ0n) is 23.1. The molecule has 2 aromatic carbocycles. The third-order valence-electron chi connectivity index (χ3n) is 7.01. The van der Waals surface area contributed by atoms with E-state index in [1.165, 1.54) is 25.6 Å². The van der Waals surface area contributed by atoms with E-state index in [1.807, 2.05) is 32.9 Å². The molecule has 0 unspecified atom stereocenters. The van der Waals surface area contributed by atoms with Crippen molar-refractivity contribution in [3.63, 3.8) is 0 Å². The number of ether oxygens (including phenoxy) is 3. The molecule has 0 saturated heterocycles. The summed E-state index contributed by atoms with van der Waals surface area (Å²) in [6, 6.07) is 7.16. The summed E-state index contributed by atoms with van der Waals surface area (Å²) in [6.07, 6.45) is 4.51. The lowest BCUT2D eigenvalue weighted by molar-refractivity contribution is -0.131. The highest BCUT2D eigenvalue weighted by atomic mass is 32.2. The second kappa shape index (κ2) is 12.2. The molecule has 0 aliphatic heterocycles. The van der Waals surface area contributed by atoms with E-state index in [2.05, 4.69) is 0 Å². The maximum Gasteiger partial charge on any atom is 0.244 e. The number of benzene rings is 2. The van der Waals surface area contributed by atoms with Crippen molar-refractivity contribution in [2.24, 2.45) is 0 Å². The van der Waals surface area contributed by atoms with Gasteiger partial charge < -0.3 is 19.1 Å². The number of methoxy groups -OCH3 is 3. The monoisotopic (exact) mass is 532 g/mol. The van der Waals surface area contributed by atoms with E-state index in [0.29, 0.717) is 33.3 Å². The summed E-state index contributed by atoms with van der Waals surface area (Å²) in [6.45, 7) is 5.66. The third kappa shape index (κ3) is 6.38. The van der Waals surface area contributed by atoms with Crippen LogP contribution in [-0.2, 0) is 21.4 Å². The van der Waals surface area contributed by atoms with Gasteiger partial charge in [0.15, 0.2) is 11.5 Å². The minimum absolute atomic E-state index is 0.197. The molecular formula is C28H40N2O6S. The van der Waals surface area contributed by atoms with Crippen LogP contribution in [0.25, 0.3) is 0 Å². The van der Waals surface area contributed by atoms with Gasteiger partial charge in [0.1, 0.15) is 0 Å². The van der Waals surface area contributed by atoms with Crippen LogP contribution >= 0.6 is 0 Å². The normalized spacial score (nSPS) is 14.5. The van der Waals surface area contributed by atoms with E-state index in [-0.39, 0.29) is 25.0 Å². The van der Waals surface area contributed by atoms with Gasteiger partial charge in [-0.05, 0) is 62.4 Å². The SMILES string of the molecule is COc1cc(CN(C)C(=O)CN(C2CCCCC2)S(=O)(=O)c2c(C)cc(C)cc2C)cc(OC)c1OC. The zero-order valence-corrected chi connectivity index (χ0v) is 23.9. The molecule has 0 N–H and O–H groups in total. The van der Waals surface area contributed by atoms with Crippen molar-refractivity contribution < 1.29 is 27.4 Å². The van der Waals surface area contributed by atoms with Crippen molar-refractivity contribution in [2.75, 3.05) is 34.9 Å². The van der Waals surface area contributed by atoms with Gasteiger partial charge in [0.2, 0.25) is 21.7 Å². The molecular weight excluding hydrogens is 492 g/mol. The molecule has 0 aromatic heterocycles. The Labute approximate surface area is 221 Å². The first kappa shape index (κ1) is 28.8. The van der Waals surface area contributed by atoms with E-state index >= 15 is 0 Å². The fourth-order valence-corrected chi connectivity index (χ4v) is 7.36. The number of hydrogen-bond donors (Lipinski definition) is 0. The molecule has 1 aliphatic rings. The number of rotatable bonds is 10. The lowest BCUT2D eigenvalue weighted by Crippen LogP contribution is -2.47. The van der Waals surface area contributed by atoms with Crippen LogP contribution in [0.3, 0.4) is 0 Å². The Morgan fingerprint density at radius 2 is 1.43 bits per heavy atom. The summed E-state index contributed by atoms with van der Waals surface area (Å²) in [5, 5.41) is 0. The van der Waals surface area contributed by atoms with Crippen LogP contribution in [-0.4, -0.2) is 64.5 Å². The number of aryl methyl sites for hydroxylation is 3. The van der Waals surface area contributed by atoms with Crippen LogP contribution in [0.4, 0.5) is 0 Å². The van der Waals surface area contributed by atoms with Crippen molar-refractivity contribution in [3.8, 4) is 17.2 Å². The molecule has 9 heteroatoms. The first-order valence-electron chi connectivity index (χ1n) is 12.7. The van der Waals surface area contributed by atoms with Gasteiger partial charge in [-0.15, -0.1) is 0 Å². The van der Waals surface area contributed by atoms with E-state index in [0.717, 1.165) is 43.2 Å². The minimum Gasteiger partial charge on any atom is -0.493 e. The van der Waals surface area contributed by atoms with E-state index in [9.17, 15) is 13.2 Å². The van der Waals surface area contributed by atoms with Crippen molar-refractivity contribution in [1.29, 1.82) is 0 Å². The van der Waals surface area contributed by atoms with Crippen LogP contribution < -0.4 is 14.2 Å². The third-order valence-corrected chi connectivity index (χ3v) is 9.22. The molecule has 37 heavy (non-hydrogen) atoms. The molecule has 2 aromatic rings. The van der Waals surface area contributed by atoms with Gasteiger partial charge in [-0.3, -0.25) is 4.79 Å². The number of nitrogens with zero attached hydrogens (tertiary/aromatic N) is 2. The van der Waals surface area contributed by atoms with E-state index < -0.39 is 10.0 Å². The molecule has 8 nitrogen and oxygen atoms in total. The topological polar surface area (TPSA) is 85.4 Å². The first-order chi connectivity index (χ1) is 17.5. The second-order valence-corrected chi connectivity index (χ2v) is 11.7. The first-order valence-corrected chi connectivity index (χ1v) is 14.1. The maximum absolute atomic E-state index is 14.0. The van der Waals surface area contributed by atoms with Gasteiger partial charge in [-0.2, -0.15) is 4.31 Å². The number of carbonyl (C=O) groups excluding carboxylic acids is 1. The van der Waals surface area contributed by atoms with Crippen LogP contribution in [0.15, 0.2) is 29.2 Å². The average molecular weight is 533 g/mol. The van der Waals surface area contributed by atoms with Crippen molar-refractivity contribution in [3.05, 3.63) is 46.5 Å². The maximum atomic E-state index is 14.0. The Balaban J connectivity index is 1.91. The number of likely N-dealkylation sites (N-methyl/N-ethyl adjacent to an activating group) is 1. The molecule has 0 radical (unpaired) electrons. The molecule has 1 fully saturated rings. The number of hydrogen-bond acceptors (Lipinski definition) is 6. The molecule has 0 bridgehead atoms.